The first kappa shape index (κ1) is 14.4. The van der Waals surface area contributed by atoms with Crippen molar-refractivity contribution >= 4 is 0 Å². The minimum absolute atomic E-state index is 0.851. The normalized spacial score (nSPS) is 15.9. The van der Waals surface area contributed by atoms with Gasteiger partial charge in [0.15, 0.2) is 0 Å². The van der Waals surface area contributed by atoms with Crippen molar-refractivity contribution in [1.29, 1.82) is 0 Å². The molecule has 106 valence electrons. The standard InChI is InChI=1S/C17H27NO/c1-15-8-9-16(2)17(14-15)19-13-7-3-4-10-18-11-5-6-12-18/h8-9,14H,3-7,10-13H2,1-2H3. The van der Waals surface area contributed by atoms with E-state index in [0.29, 0.717) is 0 Å². The lowest BCUT2D eigenvalue weighted by Crippen LogP contribution is -2.20. The van der Waals surface area contributed by atoms with Gasteiger partial charge in [-0.3, -0.25) is 0 Å². The van der Waals surface area contributed by atoms with E-state index >= 15 is 0 Å². The molecule has 0 aliphatic carbocycles. The van der Waals surface area contributed by atoms with Gasteiger partial charge in [-0.15, -0.1) is 0 Å². The molecule has 0 unspecified atom stereocenters. The Morgan fingerprint density at radius 1 is 1.05 bits per heavy atom. The molecule has 2 heteroatoms. The zero-order valence-corrected chi connectivity index (χ0v) is 12.5. The highest BCUT2D eigenvalue weighted by Crippen LogP contribution is 2.19. The third-order valence-electron chi connectivity index (χ3n) is 3.92. The minimum Gasteiger partial charge on any atom is -0.493 e. The third kappa shape index (κ3) is 4.87. The Morgan fingerprint density at radius 3 is 2.63 bits per heavy atom. The van der Waals surface area contributed by atoms with Crippen molar-refractivity contribution in [2.75, 3.05) is 26.2 Å². The van der Waals surface area contributed by atoms with Gasteiger partial charge < -0.3 is 9.64 Å². The number of nitrogens with zero attached hydrogens (tertiary/aromatic N) is 1. The number of hydrogen-bond acceptors (Lipinski definition) is 2. The molecule has 1 heterocycles. The molecular formula is C17H27NO. The van der Waals surface area contributed by atoms with Crippen LogP contribution in [-0.2, 0) is 0 Å². The van der Waals surface area contributed by atoms with E-state index in [0.717, 1.165) is 12.4 Å². The SMILES string of the molecule is Cc1ccc(C)c(OCCCCCN2CCCC2)c1. The highest BCUT2D eigenvalue weighted by Gasteiger charge is 2.09. The molecule has 1 aliphatic heterocycles. The molecule has 1 aromatic carbocycles. The summed E-state index contributed by atoms with van der Waals surface area (Å²) in [6.45, 7) is 9.00. The zero-order valence-electron chi connectivity index (χ0n) is 12.5. The highest BCUT2D eigenvalue weighted by atomic mass is 16.5. The lowest BCUT2D eigenvalue weighted by molar-refractivity contribution is 0.289. The van der Waals surface area contributed by atoms with Crippen LogP contribution in [0.3, 0.4) is 0 Å². The summed E-state index contributed by atoms with van der Waals surface area (Å²) in [7, 11) is 0. The zero-order chi connectivity index (χ0) is 13.5. The van der Waals surface area contributed by atoms with Crippen LogP contribution in [0.1, 0.15) is 43.2 Å². The van der Waals surface area contributed by atoms with Crippen LogP contribution < -0.4 is 4.74 Å². The van der Waals surface area contributed by atoms with Gasteiger partial charge in [0.1, 0.15) is 5.75 Å². The van der Waals surface area contributed by atoms with Crippen LogP contribution in [0.5, 0.6) is 5.75 Å². The fourth-order valence-corrected chi connectivity index (χ4v) is 2.67. The van der Waals surface area contributed by atoms with Crippen molar-refractivity contribution in [3.8, 4) is 5.75 Å². The van der Waals surface area contributed by atoms with E-state index in [4.69, 9.17) is 4.74 Å². The lowest BCUT2D eigenvalue weighted by atomic mass is 10.1. The maximum Gasteiger partial charge on any atom is 0.122 e. The Balaban J connectivity index is 1.57. The fourth-order valence-electron chi connectivity index (χ4n) is 2.67. The molecule has 0 amide bonds. The van der Waals surface area contributed by atoms with Crippen molar-refractivity contribution in [2.45, 2.75) is 46.0 Å². The van der Waals surface area contributed by atoms with Gasteiger partial charge in [-0.2, -0.15) is 0 Å². The minimum atomic E-state index is 0.851. The summed E-state index contributed by atoms with van der Waals surface area (Å²) in [5.41, 5.74) is 2.51. The summed E-state index contributed by atoms with van der Waals surface area (Å²) in [6.07, 6.45) is 6.56. The second-order valence-corrected chi connectivity index (χ2v) is 5.73. The largest absolute Gasteiger partial charge is 0.493 e. The molecule has 0 spiro atoms. The monoisotopic (exact) mass is 261 g/mol. The van der Waals surface area contributed by atoms with Gasteiger partial charge >= 0.3 is 0 Å². The van der Waals surface area contributed by atoms with Crippen LogP contribution >= 0.6 is 0 Å². The van der Waals surface area contributed by atoms with E-state index in [2.05, 4.69) is 36.9 Å². The van der Waals surface area contributed by atoms with Crippen LogP contribution in [0.15, 0.2) is 18.2 Å². The summed E-state index contributed by atoms with van der Waals surface area (Å²) in [5.74, 6) is 1.06. The topological polar surface area (TPSA) is 12.5 Å². The molecule has 0 bridgehead atoms. The smallest absolute Gasteiger partial charge is 0.122 e. The van der Waals surface area contributed by atoms with Gasteiger partial charge in [-0.25, -0.2) is 0 Å². The average Bonchev–Trinajstić information content (AvgIpc) is 2.90. The Labute approximate surface area is 117 Å². The van der Waals surface area contributed by atoms with Crippen LogP contribution in [0, 0.1) is 13.8 Å². The number of ether oxygens (including phenoxy) is 1. The predicted octanol–water partition coefficient (Wildman–Crippen LogP) is 3.95. The number of rotatable bonds is 7. The molecule has 0 atom stereocenters. The molecule has 0 N–H and O–H groups in total. The number of likely N-dealkylation sites (tertiary alicyclic amines) is 1. The molecule has 1 saturated heterocycles. The second-order valence-electron chi connectivity index (χ2n) is 5.73. The van der Waals surface area contributed by atoms with Gasteiger partial charge in [-0.05, 0) is 82.8 Å². The van der Waals surface area contributed by atoms with Crippen molar-refractivity contribution in [3.05, 3.63) is 29.3 Å². The molecule has 1 aromatic rings. The number of unbranched alkanes of at least 4 members (excludes halogenated alkanes) is 2. The maximum atomic E-state index is 5.88. The molecule has 0 saturated carbocycles. The van der Waals surface area contributed by atoms with Crippen LogP contribution in [0.2, 0.25) is 0 Å². The van der Waals surface area contributed by atoms with Crippen molar-refractivity contribution in [2.24, 2.45) is 0 Å². The third-order valence-corrected chi connectivity index (χ3v) is 3.92. The second kappa shape index (κ2) is 7.54. The summed E-state index contributed by atoms with van der Waals surface area (Å²) in [5, 5.41) is 0. The molecule has 2 rings (SSSR count). The van der Waals surface area contributed by atoms with Crippen LogP contribution in [0.25, 0.3) is 0 Å². The first-order valence-electron chi connectivity index (χ1n) is 7.68. The van der Waals surface area contributed by atoms with E-state index in [9.17, 15) is 0 Å². The first-order valence-corrected chi connectivity index (χ1v) is 7.68. The number of aryl methyl sites for hydroxylation is 2. The molecule has 0 aromatic heterocycles. The molecule has 1 aliphatic rings. The Hall–Kier alpha value is -1.02. The average molecular weight is 261 g/mol. The Morgan fingerprint density at radius 2 is 1.84 bits per heavy atom. The quantitative estimate of drug-likeness (QED) is 0.689. The summed E-state index contributed by atoms with van der Waals surface area (Å²) in [4.78, 5) is 2.59. The van der Waals surface area contributed by atoms with Gasteiger partial charge in [0.2, 0.25) is 0 Å². The maximum absolute atomic E-state index is 5.88. The van der Waals surface area contributed by atoms with Gasteiger partial charge in [0.25, 0.3) is 0 Å². The first-order chi connectivity index (χ1) is 9.25. The Bertz CT molecular complexity index is 383. The van der Waals surface area contributed by atoms with E-state index in [1.807, 2.05) is 0 Å². The Kier molecular flexibility index (Phi) is 5.71. The lowest BCUT2D eigenvalue weighted by Gasteiger charge is -2.14. The number of hydrogen-bond donors (Lipinski definition) is 0. The molecule has 0 radical (unpaired) electrons. The summed E-state index contributed by atoms with van der Waals surface area (Å²) >= 11 is 0. The predicted molar refractivity (Wildman–Crippen MR) is 80.9 cm³/mol. The molecule has 1 fully saturated rings. The van der Waals surface area contributed by atoms with E-state index in [1.54, 1.807) is 0 Å². The van der Waals surface area contributed by atoms with Crippen molar-refractivity contribution in [3.63, 3.8) is 0 Å². The summed E-state index contributed by atoms with van der Waals surface area (Å²) in [6, 6.07) is 6.41. The van der Waals surface area contributed by atoms with Crippen LogP contribution in [-0.4, -0.2) is 31.1 Å². The van der Waals surface area contributed by atoms with E-state index in [-0.39, 0.29) is 0 Å². The van der Waals surface area contributed by atoms with Crippen molar-refractivity contribution < 1.29 is 4.74 Å². The highest BCUT2D eigenvalue weighted by molar-refractivity contribution is 5.35. The van der Waals surface area contributed by atoms with E-state index < -0.39 is 0 Å². The van der Waals surface area contributed by atoms with E-state index in [1.165, 1.54) is 62.9 Å². The van der Waals surface area contributed by atoms with Gasteiger partial charge in [0, 0.05) is 0 Å². The fraction of sp³-hybridized carbons (Fsp3) is 0.647. The van der Waals surface area contributed by atoms with Crippen molar-refractivity contribution in [1.82, 2.24) is 4.90 Å². The number of benzene rings is 1. The molecular weight excluding hydrogens is 234 g/mol. The van der Waals surface area contributed by atoms with Gasteiger partial charge in [-0.1, -0.05) is 12.1 Å². The van der Waals surface area contributed by atoms with Crippen LogP contribution in [0.4, 0.5) is 0 Å². The molecule has 19 heavy (non-hydrogen) atoms. The molecule has 2 nitrogen and oxygen atoms in total. The van der Waals surface area contributed by atoms with Gasteiger partial charge in [0.05, 0.1) is 6.61 Å². The summed E-state index contributed by atoms with van der Waals surface area (Å²) < 4.78 is 5.88.